The molecule has 6 nitrogen and oxygen atoms in total. The van der Waals surface area contributed by atoms with Crippen LogP contribution in [0.25, 0.3) is 0 Å². The minimum atomic E-state index is -0.807. The number of hydrogen-bond donors (Lipinski definition) is 1. The molecule has 1 amide bonds. The smallest absolute Gasteiger partial charge is 0.319 e. The number of morpholine rings is 1. The molecule has 0 bridgehead atoms. The fraction of sp³-hybridized carbons (Fsp3) is 0.867. The van der Waals surface area contributed by atoms with Gasteiger partial charge in [-0.25, -0.2) is 0 Å². The quantitative estimate of drug-likeness (QED) is 0.597. The Balaban J connectivity index is 2.58. The van der Waals surface area contributed by atoms with Gasteiger partial charge in [-0.2, -0.15) is 0 Å². The van der Waals surface area contributed by atoms with Crippen molar-refractivity contribution in [3.05, 3.63) is 0 Å². The van der Waals surface area contributed by atoms with Crippen LogP contribution < -0.4 is 5.32 Å². The highest BCUT2D eigenvalue weighted by molar-refractivity contribution is 5.98. The van der Waals surface area contributed by atoms with Crippen molar-refractivity contribution in [2.75, 3.05) is 39.9 Å². The molecule has 0 aromatic carbocycles. The van der Waals surface area contributed by atoms with Gasteiger partial charge in [0.1, 0.15) is 5.92 Å². The Morgan fingerprint density at radius 3 is 2.62 bits per heavy atom. The maximum absolute atomic E-state index is 12.3. The third kappa shape index (κ3) is 5.63. The standard InChI is InChI=1S/C15H28N2O4/c1-6-20-14(19)12(15(2,3)4)13(18)16-9-11-10-17(5)7-8-21-11/h11-12H,6-10H2,1-5H3,(H,16,18). The van der Waals surface area contributed by atoms with E-state index >= 15 is 0 Å². The van der Waals surface area contributed by atoms with Crippen molar-refractivity contribution in [3.63, 3.8) is 0 Å². The van der Waals surface area contributed by atoms with E-state index < -0.39 is 17.3 Å². The molecule has 2 atom stereocenters. The maximum Gasteiger partial charge on any atom is 0.319 e. The molecule has 1 N–H and O–H groups in total. The summed E-state index contributed by atoms with van der Waals surface area (Å²) < 4.78 is 10.6. The van der Waals surface area contributed by atoms with Gasteiger partial charge >= 0.3 is 5.97 Å². The highest BCUT2D eigenvalue weighted by atomic mass is 16.5. The lowest BCUT2D eigenvalue weighted by atomic mass is 9.80. The summed E-state index contributed by atoms with van der Waals surface area (Å²) in [7, 11) is 2.02. The molecule has 0 saturated carbocycles. The molecular formula is C15H28N2O4. The molecule has 122 valence electrons. The number of carbonyl (C=O) groups excluding carboxylic acids is 2. The van der Waals surface area contributed by atoms with E-state index in [-0.39, 0.29) is 18.6 Å². The van der Waals surface area contributed by atoms with Gasteiger partial charge in [0, 0.05) is 19.6 Å². The monoisotopic (exact) mass is 300 g/mol. The van der Waals surface area contributed by atoms with Gasteiger partial charge in [0.15, 0.2) is 0 Å². The molecule has 1 aliphatic heterocycles. The molecule has 21 heavy (non-hydrogen) atoms. The van der Waals surface area contributed by atoms with E-state index in [9.17, 15) is 9.59 Å². The van der Waals surface area contributed by atoms with Crippen molar-refractivity contribution >= 4 is 11.9 Å². The number of amides is 1. The Labute approximate surface area is 127 Å². The zero-order valence-electron chi connectivity index (χ0n) is 13.8. The van der Waals surface area contributed by atoms with Gasteiger partial charge in [-0.05, 0) is 19.4 Å². The number of rotatable bonds is 5. The molecule has 1 fully saturated rings. The van der Waals surface area contributed by atoms with Crippen molar-refractivity contribution in [3.8, 4) is 0 Å². The summed E-state index contributed by atoms with van der Waals surface area (Å²) in [6, 6.07) is 0. The molecule has 0 aliphatic carbocycles. The normalized spacial score (nSPS) is 21.7. The topological polar surface area (TPSA) is 67.9 Å². The van der Waals surface area contributed by atoms with E-state index in [0.717, 1.165) is 13.1 Å². The number of hydrogen-bond acceptors (Lipinski definition) is 5. The number of likely N-dealkylation sites (N-methyl/N-ethyl adjacent to an activating group) is 1. The largest absolute Gasteiger partial charge is 0.465 e. The fourth-order valence-electron chi connectivity index (χ4n) is 2.39. The molecule has 0 radical (unpaired) electrons. The maximum atomic E-state index is 12.3. The number of esters is 1. The van der Waals surface area contributed by atoms with Crippen LogP contribution in [0.15, 0.2) is 0 Å². The van der Waals surface area contributed by atoms with E-state index in [0.29, 0.717) is 13.2 Å². The van der Waals surface area contributed by atoms with Crippen LogP contribution in [0.5, 0.6) is 0 Å². The van der Waals surface area contributed by atoms with Crippen LogP contribution in [-0.4, -0.2) is 62.8 Å². The van der Waals surface area contributed by atoms with Gasteiger partial charge in [0.05, 0.1) is 19.3 Å². The van der Waals surface area contributed by atoms with Crippen molar-refractivity contribution < 1.29 is 19.1 Å². The summed E-state index contributed by atoms with van der Waals surface area (Å²) in [5, 5.41) is 2.83. The molecule has 1 aliphatic rings. The van der Waals surface area contributed by atoms with Crippen LogP contribution >= 0.6 is 0 Å². The second kappa shape index (κ2) is 7.75. The summed E-state index contributed by atoms with van der Waals surface area (Å²) in [6.45, 7) is 10.3. The highest BCUT2D eigenvalue weighted by Gasteiger charge is 2.39. The first-order valence-corrected chi connectivity index (χ1v) is 7.50. The van der Waals surface area contributed by atoms with E-state index in [1.807, 2.05) is 27.8 Å². The van der Waals surface area contributed by atoms with Gasteiger partial charge < -0.3 is 19.7 Å². The van der Waals surface area contributed by atoms with Crippen molar-refractivity contribution in [2.24, 2.45) is 11.3 Å². The van der Waals surface area contributed by atoms with Crippen LogP contribution in [0.3, 0.4) is 0 Å². The molecule has 0 aromatic rings. The van der Waals surface area contributed by atoms with Crippen LogP contribution in [0.4, 0.5) is 0 Å². The molecule has 1 heterocycles. The number of nitrogens with zero attached hydrogens (tertiary/aromatic N) is 1. The first-order chi connectivity index (χ1) is 9.75. The van der Waals surface area contributed by atoms with E-state index in [4.69, 9.17) is 9.47 Å². The molecule has 0 aromatic heterocycles. The average molecular weight is 300 g/mol. The predicted octanol–water partition coefficient (Wildman–Crippen LogP) is 0.659. The lowest BCUT2D eigenvalue weighted by Crippen LogP contribution is -2.49. The van der Waals surface area contributed by atoms with Gasteiger partial charge in [0.25, 0.3) is 0 Å². The van der Waals surface area contributed by atoms with Gasteiger partial charge in [0.2, 0.25) is 5.91 Å². The number of nitrogens with one attached hydrogen (secondary N) is 1. The Hall–Kier alpha value is -1.14. The van der Waals surface area contributed by atoms with Crippen LogP contribution in [-0.2, 0) is 19.1 Å². The number of carbonyl (C=O) groups is 2. The zero-order chi connectivity index (χ0) is 16.0. The number of ether oxygens (including phenoxy) is 2. The molecule has 1 rings (SSSR count). The van der Waals surface area contributed by atoms with Crippen molar-refractivity contribution in [1.29, 1.82) is 0 Å². The van der Waals surface area contributed by atoms with Gasteiger partial charge in [-0.3, -0.25) is 9.59 Å². The molecule has 0 spiro atoms. The minimum absolute atomic E-state index is 0.0319. The second-order valence-corrected chi connectivity index (χ2v) is 6.55. The summed E-state index contributed by atoms with van der Waals surface area (Å²) in [4.78, 5) is 26.5. The third-order valence-corrected chi connectivity index (χ3v) is 3.50. The Morgan fingerprint density at radius 2 is 2.10 bits per heavy atom. The average Bonchev–Trinajstić information content (AvgIpc) is 2.35. The lowest BCUT2D eigenvalue weighted by Gasteiger charge is -2.31. The van der Waals surface area contributed by atoms with Crippen molar-refractivity contribution in [2.45, 2.75) is 33.8 Å². The van der Waals surface area contributed by atoms with E-state index in [2.05, 4.69) is 10.2 Å². The van der Waals surface area contributed by atoms with E-state index in [1.54, 1.807) is 6.92 Å². The van der Waals surface area contributed by atoms with Crippen LogP contribution in [0, 0.1) is 11.3 Å². The first kappa shape index (κ1) is 17.9. The van der Waals surface area contributed by atoms with Gasteiger partial charge in [-0.15, -0.1) is 0 Å². The lowest BCUT2D eigenvalue weighted by molar-refractivity contribution is -0.157. The minimum Gasteiger partial charge on any atom is -0.465 e. The summed E-state index contributed by atoms with van der Waals surface area (Å²) in [6.07, 6.45) is -0.0319. The van der Waals surface area contributed by atoms with Crippen LogP contribution in [0.1, 0.15) is 27.7 Å². The predicted molar refractivity (Wildman–Crippen MR) is 79.8 cm³/mol. The molecule has 2 unspecified atom stereocenters. The van der Waals surface area contributed by atoms with Crippen LogP contribution in [0.2, 0.25) is 0 Å². The Kier molecular flexibility index (Phi) is 6.61. The summed E-state index contributed by atoms with van der Waals surface area (Å²) in [5.41, 5.74) is -0.486. The molecular weight excluding hydrogens is 272 g/mol. The summed E-state index contributed by atoms with van der Waals surface area (Å²) in [5.74, 6) is -1.57. The SMILES string of the molecule is CCOC(=O)C(C(=O)NCC1CN(C)CCO1)C(C)(C)C. The first-order valence-electron chi connectivity index (χ1n) is 7.50. The molecule has 6 heteroatoms. The van der Waals surface area contributed by atoms with Gasteiger partial charge in [-0.1, -0.05) is 20.8 Å². The molecule has 1 saturated heterocycles. The fourth-order valence-corrected chi connectivity index (χ4v) is 2.39. The Bertz CT molecular complexity index is 365. The zero-order valence-corrected chi connectivity index (χ0v) is 13.8. The van der Waals surface area contributed by atoms with E-state index in [1.165, 1.54) is 0 Å². The second-order valence-electron chi connectivity index (χ2n) is 6.55. The highest BCUT2D eigenvalue weighted by Crippen LogP contribution is 2.27. The Morgan fingerprint density at radius 1 is 1.43 bits per heavy atom. The third-order valence-electron chi connectivity index (χ3n) is 3.50. The summed E-state index contributed by atoms with van der Waals surface area (Å²) >= 11 is 0. The van der Waals surface area contributed by atoms with Crippen molar-refractivity contribution in [1.82, 2.24) is 10.2 Å².